The lowest BCUT2D eigenvalue weighted by molar-refractivity contribution is -0.127. The van der Waals surface area contributed by atoms with E-state index in [9.17, 15) is 14.4 Å². The average molecular weight is 439 g/mol. The Morgan fingerprint density at radius 1 is 0.871 bits per heavy atom. The Balaban J connectivity index is 1.36. The van der Waals surface area contributed by atoms with Gasteiger partial charge in [0, 0.05) is 30.2 Å². The van der Waals surface area contributed by atoms with Crippen LogP contribution in [0.1, 0.15) is 35.2 Å². The summed E-state index contributed by atoms with van der Waals surface area (Å²) in [7, 11) is 0. The van der Waals surface area contributed by atoms with Gasteiger partial charge in [0.2, 0.25) is 5.91 Å². The zero-order valence-electron chi connectivity index (χ0n) is 17.4. The molecule has 2 aromatic carbocycles. The van der Waals surface area contributed by atoms with Gasteiger partial charge in [0.05, 0.1) is 11.3 Å². The molecule has 2 amide bonds. The maximum Gasteiger partial charge on any atom is 0.339 e. The van der Waals surface area contributed by atoms with Crippen LogP contribution in [0.25, 0.3) is 0 Å². The van der Waals surface area contributed by atoms with Crippen LogP contribution in [0, 0.1) is 0 Å². The van der Waals surface area contributed by atoms with Crippen LogP contribution in [-0.4, -0.2) is 54.7 Å². The van der Waals surface area contributed by atoms with Gasteiger partial charge >= 0.3 is 5.97 Å². The van der Waals surface area contributed by atoms with Crippen molar-refractivity contribution in [3.63, 3.8) is 0 Å². The number of ether oxygens (including phenoxy) is 1. The van der Waals surface area contributed by atoms with Crippen LogP contribution in [0.5, 0.6) is 0 Å². The van der Waals surface area contributed by atoms with E-state index in [-0.39, 0.29) is 24.2 Å². The van der Waals surface area contributed by atoms with Crippen molar-refractivity contribution in [1.29, 1.82) is 0 Å². The lowest BCUT2D eigenvalue weighted by Crippen LogP contribution is -2.38. The Morgan fingerprint density at radius 2 is 1.61 bits per heavy atom. The van der Waals surface area contributed by atoms with Crippen molar-refractivity contribution in [3.8, 4) is 0 Å². The molecule has 0 N–H and O–H groups in total. The van der Waals surface area contributed by atoms with Crippen molar-refractivity contribution in [2.75, 3.05) is 36.9 Å². The molecule has 0 unspecified atom stereocenters. The third kappa shape index (κ3) is 5.10. The van der Waals surface area contributed by atoms with Crippen LogP contribution in [0.2, 0.25) is 0 Å². The predicted molar refractivity (Wildman–Crippen MR) is 120 cm³/mol. The fraction of sp³-hybridized carbons (Fsp3) is 0.375. The quantitative estimate of drug-likeness (QED) is 0.510. The van der Waals surface area contributed by atoms with E-state index in [2.05, 4.69) is 0 Å². The zero-order valence-corrected chi connectivity index (χ0v) is 18.2. The second-order valence-corrected chi connectivity index (χ2v) is 8.74. The number of nitrogens with zero attached hydrogens (tertiary/aromatic N) is 2. The highest BCUT2D eigenvalue weighted by Gasteiger charge is 2.24. The van der Waals surface area contributed by atoms with Crippen molar-refractivity contribution in [2.45, 2.75) is 30.6 Å². The smallest absolute Gasteiger partial charge is 0.339 e. The first-order chi connectivity index (χ1) is 15.1. The number of rotatable bonds is 6. The summed E-state index contributed by atoms with van der Waals surface area (Å²) in [5.41, 5.74) is 2.41. The Hall–Kier alpha value is -2.80. The van der Waals surface area contributed by atoms with Gasteiger partial charge in [-0.1, -0.05) is 30.3 Å². The van der Waals surface area contributed by atoms with Crippen LogP contribution in [0.15, 0.2) is 53.4 Å². The van der Waals surface area contributed by atoms with E-state index < -0.39 is 5.97 Å². The molecular weight excluding hydrogens is 412 g/mol. The van der Waals surface area contributed by atoms with E-state index in [4.69, 9.17) is 4.74 Å². The molecule has 2 aliphatic heterocycles. The van der Waals surface area contributed by atoms with Crippen molar-refractivity contribution < 1.29 is 19.1 Å². The lowest BCUT2D eigenvalue weighted by atomic mass is 10.0. The number of thioether (sulfide) groups is 1. The molecule has 4 rings (SSSR count). The minimum atomic E-state index is -0.546. The fourth-order valence-electron chi connectivity index (χ4n) is 4.03. The number of benzene rings is 2. The summed E-state index contributed by atoms with van der Waals surface area (Å²) in [5.74, 6) is -0.400. The van der Waals surface area contributed by atoms with Crippen molar-refractivity contribution in [2.24, 2.45) is 0 Å². The number of fused-ring (bicyclic) bond motifs is 1. The van der Waals surface area contributed by atoms with Gasteiger partial charge in [-0.05, 0) is 49.4 Å². The summed E-state index contributed by atoms with van der Waals surface area (Å²) >= 11 is 1.34. The number of para-hydroxylation sites is 1. The first-order valence-electron chi connectivity index (χ1n) is 10.7. The number of aryl methyl sites for hydroxylation is 1. The van der Waals surface area contributed by atoms with E-state index in [1.54, 1.807) is 23.1 Å². The first-order valence-corrected chi connectivity index (χ1v) is 11.7. The second kappa shape index (κ2) is 10.0. The summed E-state index contributed by atoms with van der Waals surface area (Å²) in [6.45, 7) is 1.94. The third-order valence-corrected chi connectivity index (χ3v) is 6.71. The normalized spacial score (nSPS) is 15.5. The number of amides is 2. The summed E-state index contributed by atoms with van der Waals surface area (Å²) in [6, 6.07) is 14.9. The summed E-state index contributed by atoms with van der Waals surface area (Å²) in [6.07, 6.45) is 3.94. The van der Waals surface area contributed by atoms with Crippen molar-refractivity contribution in [1.82, 2.24) is 4.90 Å². The molecule has 6 nitrogen and oxygen atoms in total. The standard InChI is InChI=1S/C24H26N2O4S/c27-22(26-15-7-9-18-8-1-3-11-20(18)26)16-30-24(29)19-10-2-4-12-21(19)31-17-23(28)25-13-5-6-14-25/h1-4,8,10-12H,5-7,9,13-17H2. The number of hydrogen-bond donors (Lipinski definition) is 0. The molecule has 0 aromatic heterocycles. The fourth-order valence-corrected chi connectivity index (χ4v) is 4.98. The number of carbonyl (C=O) groups is 3. The summed E-state index contributed by atoms with van der Waals surface area (Å²) < 4.78 is 5.37. The van der Waals surface area contributed by atoms with Gasteiger partial charge in [0.25, 0.3) is 5.91 Å². The monoisotopic (exact) mass is 438 g/mol. The molecule has 162 valence electrons. The highest BCUT2D eigenvalue weighted by Crippen LogP contribution is 2.27. The van der Waals surface area contributed by atoms with E-state index >= 15 is 0 Å². The molecule has 0 atom stereocenters. The van der Waals surface area contributed by atoms with Gasteiger partial charge in [-0.25, -0.2) is 4.79 Å². The Bertz CT molecular complexity index is 972. The molecule has 0 saturated carbocycles. The number of hydrogen-bond acceptors (Lipinski definition) is 5. The van der Waals surface area contributed by atoms with Crippen LogP contribution < -0.4 is 4.90 Å². The molecule has 31 heavy (non-hydrogen) atoms. The van der Waals surface area contributed by atoms with Gasteiger partial charge in [0.15, 0.2) is 6.61 Å². The van der Waals surface area contributed by atoms with Crippen LogP contribution >= 0.6 is 11.8 Å². The van der Waals surface area contributed by atoms with Crippen LogP contribution in [0.4, 0.5) is 5.69 Å². The van der Waals surface area contributed by atoms with Gasteiger partial charge in [-0.15, -0.1) is 11.8 Å². The Labute approximate surface area is 186 Å². The summed E-state index contributed by atoms with van der Waals surface area (Å²) in [5, 5.41) is 0. The van der Waals surface area contributed by atoms with E-state index in [0.717, 1.165) is 50.0 Å². The molecule has 1 fully saturated rings. The molecule has 0 aliphatic carbocycles. The number of carbonyl (C=O) groups excluding carboxylic acids is 3. The maximum atomic E-state index is 12.7. The molecule has 0 spiro atoms. The maximum absolute atomic E-state index is 12.7. The largest absolute Gasteiger partial charge is 0.452 e. The molecule has 7 heteroatoms. The molecule has 0 bridgehead atoms. The second-order valence-electron chi connectivity index (χ2n) is 7.73. The van der Waals surface area contributed by atoms with Gasteiger partial charge < -0.3 is 14.5 Å². The molecule has 2 heterocycles. The highest BCUT2D eigenvalue weighted by atomic mass is 32.2. The van der Waals surface area contributed by atoms with Gasteiger partial charge in [-0.2, -0.15) is 0 Å². The zero-order chi connectivity index (χ0) is 21.6. The SMILES string of the molecule is O=C(OCC(=O)N1CCCc2ccccc21)c1ccccc1SCC(=O)N1CCCC1. The predicted octanol–water partition coefficient (Wildman–Crippen LogP) is 3.54. The first kappa shape index (κ1) is 21.4. The van der Waals surface area contributed by atoms with Gasteiger partial charge in [0.1, 0.15) is 0 Å². The third-order valence-electron chi connectivity index (χ3n) is 5.65. The number of likely N-dealkylation sites (tertiary alicyclic amines) is 1. The Morgan fingerprint density at radius 3 is 2.45 bits per heavy atom. The lowest BCUT2D eigenvalue weighted by Gasteiger charge is -2.29. The van der Waals surface area contributed by atoms with Gasteiger partial charge in [-0.3, -0.25) is 9.59 Å². The number of anilines is 1. The minimum Gasteiger partial charge on any atom is -0.452 e. The van der Waals surface area contributed by atoms with Crippen LogP contribution in [0.3, 0.4) is 0 Å². The molecule has 1 saturated heterocycles. The summed E-state index contributed by atoms with van der Waals surface area (Å²) in [4.78, 5) is 42.0. The van der Waals surface area contributed by atoms with Crippen LogP contribution in [-0.2, 0) is 20.7 Å². The number of esters is 1. The highest BCUT2D eigenvalue weighted by molar-refractivity contribution is 8.00. The molecule has 0 radical (unpaired) electrons. The molecular formula is C24H26N2O4S. The van der Waals surface area contributed by atoms with Crippen molar-refractivity contribution >= 4 is 35.2 Å². The molecule has 2 aromatic rings. The topological polar surface area (TPSA) is 66.9 Å². The molecule has 2 aliphatic rings. The van der Waals surface area contributed by atoms with Crippen molar-refractivity contribution in [3.05, 3.63) is 59.7 Å². The minimum absolute atomic E-state index is 0.0876. The van der Waals surface area contributed by atoms with E-state index in [1.165, 1.54) is 11.8 Å². The Kier molecular flexibility index (Phi) is 6.92. The average Bonchev–Trinajstić information content (AvgIpc) is 3.36. The van der Waals surface area contributed by atoms with E-state index in [1.807, 2.05) is 35.2 Å². The van der Waals surface area contributed by atoms with E-state index in [0.29, 0.717) is 17.0 Å².